The van der Waals surface area contributed by atoms with Gasteiger partial charge in [-0.05, 0) is 53.9 Å². The summed E-state index contributed by atoms with van der Waals surface area (Å²) in [6.07, 6.45) is 3.10. The Labute approximate surface area is 290 Å². The molecule has 1 N–H and O–H groups in total. The molecule has 4 aromatic carbocycles. The first-order valence-electron chi connectivity index (χ1n) is 17.1. The van der Waals surface area contributed by atoms with Gasteiger partial charge in [0.05, 0.1) is 23.9 Å². The quantitative estimate of drug-likeness (QED) is 0.0832. The van der Waals surface area contributed by atoms with Gasteiger partial charge in [0, 0.05) is 22.8 Å². The molecule has 2 fully saturated rings. The molecule has 6 nitrogen and oxygen atoms in total. The van der Waals surface area contributed by atoms with Crippen molar-refractivity contribution in [2.75, 3.05) is 6.54 Å². The van der Waals surface area contributed by atoms with E-state index in [-0.39, 0.29) is 11.0 Å². The number of nitro groups is 1. The van der Waals surface area contributed by atoms with Crippen LogP contribution in [0.1, 0.15) is 53.9 Å². The third-order valence-electron chi connectivity index (χ3n) is 10.3. The molecule has 1 aliphatic carbocycles. The molecule has 250 valence electrons. The molecule has 0 spiro atoms. The Morgan fingerprint density at radius 3 is 1.96 bits per heavy atom. The Morgan fingerprint density at radius 1 is 0.875 bits per heavy atom. The first-order chi connectivity index (χ1) is 23.0. The van der Waals surface area contributed by atoms with Gasteiger partial charge < -0.3 is 9.53 Å². The zero-order chi connectivity index (χ0) is 34.1. The molecule has 0 radical (unpaired) electrons. The van der Waals surface area contributed by atoms with Crippen molar-refractivity contribution in [1.29, 1.82) is 0 Å². The zero-order valence-corrected chi connectivity index (χ0v) is 29.9. The van der Waals surface area contributed by atoms with Crippen molar-refractivity contribution in [2.24, 2.45) is 11.8 Å². The lowest BCUT2D eigenvalue weighted by Crippen LogP contribution is -2.55. The summed E-state index contributed by atoms with van der Waals surface area (Å²) in [6.45, 7) is 9.38. The van der Waals surface area contributed by atoms with Crippen molar-refractivity contribution in [3.8, 4) is 0 Å². The van der Waals surface area contributed by atoms with Gasteiger partial charge in [-0.1, -0.05) is 128 Å². The molecule has 1 saturated carbocycles. The average molecular weight is 682 g/mol. The summed E-state index contributed by atoms with van der Waals surface area (Å²) < 4.78 is 9.75. The van der Waals surface area contributed by atoms with Crippen LogP contribution in [0.25, 0.3) is 0 Å². The molecule has 0 bridgehead atoms. The average Bonchev–Trinajstić information content (AvgIpc) is 3.55. The Balaban J connectivity index is 1.55. The smallest absolute Gasteiger partial charge is 0.227 e. The van der Waals surface area contributed by atoms with Gasteiger partial charge in [-0.3, -0.25) is 10.1 Å². The van der Waals surface area contributed by atoms with Gasteiger partial charge in [-0.2, -0.15) is 0 Å². The minimum atomic E-state index is -2.17. The SMILES string of the molecule is CC1C(O)C(C=[N+]2CCCC2C(O[Si](C)(C)C)(c2ccccc2)c2ccccc2)C(c2ccccc2)C([N+](=O)[O-])C1c1ccccc1Cl. The lowest BCUT2D eigenvalue weighted by molar-refractivity contribution is -0.563. The van der Waals surface area contributed by atoms with Crippen LogP contribution in [0.4, 0.5) is 0 Å². The van der Waals surface area contributed by atoms with Gasteiger partial charge in [-0.15, -0.1) is 0 Å². The fraction of sp³-hybridized carbons (Fsp3) is 0.375. The van der Waals surface area contributed by atoms with Crippen LogP contribution in [0, 0.1) is 22.0 Å². The van der Waals surface area contributed by atoms with Crippen LogP contribution in [0.3, 0.4) is 0 Å². The summed E-state index contributed by atoms with van der Waals surface area (Å²) in [4.78, 5) is 13.1. The van der Waals surface area contributed by atoms with Crippen molar-refractivity contribution < 1.29 is 19.0 Å². The molecule has 8 heteroatoms. The standard InChI is InChI=1S/C40H46ClN2O4Si/c1-28-36(32-23-14-15-24-34(32)41)38(43(45)46)37(29-17-8-5-9-18-29)33(39(28)44)27-42-26-16-25-35(42)40(47-48(2,3)4,30-19-10-6-11-20-30)31-21-12-7-13-22-31/h5-15,17-24,27-28,33,35-39,44H,16,25-26H2,1-4H3/q+1. The van der Waals surface area contributed by atoms with Crippen LogP contribution in [0.5, 0.6) is 0 Å². The highest BCUT2D eigenvalue weighted by atomic mass is 35.5. The maximum absolute atomic E-state index is 13.3. The molecular formula is C40H46ClN2O4Si+. The molecule has 1 heterocycles. The predicted molar refractivity (Wildman–Crippen MR) is 195 cm³/mol. The van der Waals surface area contributed by atoms with Crippen LogP contribution in [0.2, 0.25) is 24.7 Å². The van der Waals surface area contributed by atoms with Crippen LogP contribution < -0.4 is 0 Å². The minimum absolute atomic E-state index is 0.0942. The van der Waals surface area contributed by atoms with Gasteiger partial charge in [-0.25, -0.2) is 4.58 Å². The molecule has 6 rings (SSSR count). The Morgan fingerprint density at radius 2 is 1.42 bits per heavy atom. The molecule has 7 unspecified atom stereocenters. The first kappa shape index (κ1) is 34.2. The normalized spacial score (nSPS) is 27.2. The number of hydrogen-bond acceptors (Lipinski definition) is 4. The molecule has 1 aliphatic heterocycles. The molecule has 4 aromatic rings. The van der Waals surface area contributed by atoms with Crippen LogP contribution in [-0.2, 0) is 10.0 Å². The fourth-order valence-electron chi connectivity index (χ4n) is 8.50. The minimum Gasteiger partial charge on any atom is -0.399 e. The lowest BCUT2D eigenvalue weighted by atomic mass is 9.60. The maximum atomic E-state index is 13.3. The van der Waals surface area contributed by atoms with Crippen molar-refractivity contribution in [1.82, 2.24) is 0 Å². The molecule has 7 atom stereocenters. The molecule has 0 aromatic heterocycles. The predicted octanol–water partition coefficient (Wildman–Crippen LogP) is 8.52. The topological polar surface area (TPSA) is 75.6 Å². The number of benzene rings is 4. The van der Waals surface area contributed by atoms with Crippen molar-refractivity contribution in [2.45, 2.75) is 75.0 Å². The molecule has 2 aliphatic rings. The monoisotopic (exact) mass is 681 g/mol. The summed E-state index contributed by atoms with van der Waals surface area (Å²) in [5, 5.41) is 26.1. The number of rotatable bonds is 9. The number of nitrogens with zero attached hydrogens (tertiary/aromatic N) is 2. The van der Waals surface area contributed by atoms with Crippen LogP contribution >= 0.6 is 11.6 Å². The van der Waals surface area contributed by atoms with E-state index in [1.54, 1.807) is 6.07 Å². The number of hydrogen-bond donors (Lipinski definition) is 1. The fourth-order valence-corrected chi connectivity index (χ4v) is 10.1. The van der Waals surface area contributed by atoms with Crippen LogP contribution in [-0.4, -0.2) is 53.9 Å². The molecule has 48 heavy (non-hydrogen) atoms. The van der Waals surface area contributed by atoms with E-state index in [2.05, 4.69) is 79.0 Å². The van der Waals surface area contributed by atoms with E-state index in [1.807, 2.05) is 67.6 Å². The van der Waals surface area contributed by atoms with E-state index in [9.17, 15) is 15.2 Å². The molecular weight excluding hydrogens is 636 g/mol. The second kappa shape index (κ2) is 14.1. The highest BCUT2D eigenvalue weighted by molar-refractivity contribution is 6.69. The third-order valence-corrected chi connectivity index (χ3v) is 11.6. The van der Waals surface area contributed by atoms with Crippen molar-refractivity contribution in [3.63, 3.8) is 0 Å². The van der Waals surface area contributed by atoms with Crippen LogP contribution in [0.15, 0.2) is 115 Å². The Kier molecular flexibility index (Phi) is 10.0. The highest BCUT2D eigenvalue weighted by Crippen LogP contribution is 2.51. The van der Waals surface area contributed by atoms with Gasteiger partial charge in [0.1, 0.15) is 12.8 Å². The van der Waals surface area contributed by atoms with E-state index in [0.29, 0.717) is 10.6 Å². The zero-order valence-electron chi connectivity index (χ0n) is 28.2. The van der Waals surface area contributed by atoms with Gasteiger partial charge in [0.2, 0.25) is 6.04 Å². The molecule has 0 amide bonds. The van der Waals surface area contributed by atoms with Gasteiger partial charge in [0.25, 0.3) is 0 Å². The summed E-state index contributed by atoms with van der Waals surface area (Å²) in [7, 11) is -2.17. The van der Waals surface area contributed by atoms with Gasteiger partial charge >= 0.3 is 0 Å². The lowest BCUT2D eigenvalue weighted by Gasteiger charge is -2.44. The summed E-state index contributed by atoms with van der Waals surface area (Å²) >= 11 is 6.72. The highest BCUT2D eigenvalue weighted by Gasteiger charge is 2.58. The number of halogens is 1. The summed E-state index contributed by atoms with van der Waals surface area (Å²) in [5.74, 6) is -2.10. The Hall–Kier alpha value is -3.62. The number of aliphatic hydroxyl groups excluding tert-OH is 1. The largest absolute Gasteiger partial charge is 0.399 e. The van der Waals surface area contributed by atoms with E-state index in [4.69, 9.17) is 16.0 Å². The summed E-state index contributed by atoms with van der Waals surface area (Å²) in [6, 6.07) is 36.9. The van der Waals surface area contributed by atoms with E-state index >= 15 is 0 Å². The Bertz CT molecular complexity index is 1690. The van der Waals surface area contributed by atoms with E-state index in [0.717, 1.165) is 36.1 Å². The first-order valence-corrected chi connectivity index (χ1v) is 20.8. The summed E-state index contributed by atoms with van der Waals surface area (Å²) in [5.41, 5.74) is 2.94. The molecule has 1 saturated heterocycles. The second-order valence-corrected chi connectivity index (χ2v) is 19.2. The number of aliphatic hydroxyl groups is 1. The maximum Gasteiger partial charge on any atom is 0.227 e. The van der Waals surface area contributed by atoms with E-state index < -0.39 is 49.7 Å². The van der Waals surface area contributed by atoms with E-state index in [1.165, 1.54) is 0 Å². The van der Waals surface area contributed by atoms with Crippen molar-refractivity contribution >= 4 is 26.1 Å². The van der Waals surface area contributed by atoms with Crippen molar-refractivity contribution in [3.05, 3.63) is 153 Å². The van der Waals surface area contributed by atoms with Gasteiger partial charge in [0.15, 0.2) is 20.0 Å². The third kappa shape index (κ3) is 6.53. The second-order valence-electron chi connectivity index (χ2n) is 14.4.